The number of amides is 1. The van der Waals surface area contributed by atoms with E-state index in [1.165, 1.54) is 10.8 Å². The zero-order valence-electron chi connectivity index (χ0n) is 11.5. The van der Waals surface area contributed by atoms with Crippen molar-refractivity contribution < 1.29 is 14.0 Å². The number of hydrogen-bond donors (Lipinski definition) is 2. The molecule has 0 saturated heterocycles. The minimum atomic E-state index is -0.575. The molecule has 7 heteroatoms. The number of carbonyl (C=O) groups excluding carboxylic acids is 2. The lowest BCUT2D eigenvalue weighted by Crippen LogP contribution is -2.18. The molecule has 0 unspecified atom stereocenters. The van der Waals surface area contributed by atoms with Gasteiger partial charge < -0.3 is 15.2 Å². The van der Waals surface area contributed by atoms with Crippen LogP contribution in [0.1, 0.15) is 20.8 Å². The number of aldehydes is 1. The van der Waals surface area contributed by atoms with Crippen molar-refractivity contribution in [3.63, 3.8) is 0 Å². The molecule has 6 nitrogen and oxygen atoms in total. The molecule has 0 aromatic carbocycles. The van der Waals surface area contributed by atoms with Crippen LogP contribution >= 0.6 is 0 Å². The van der Waals surface area contributed by atoms with Gasteiger partial charge in [-0.15, -0.1) is 0 Å². The number of nitrogens with zero attached hydrogens (tertiary/aromatic N) is 2. The SMILES string of the molecule is CNCCn1c(F)cc(NC(=O)c2cccnc2)c1C=O. The second-order valence-corrected chi connectivity index (χ2v) is 4.33. The summed E-state index contributed by atoms with van der Waals surface area (Å²) in [6, 6.07) is 4.33. The quantitative estimate of drug-likeness (QED) is 0.786. The van der Waals surface area contributed by atoms with Gasteiger partial charge in [-0.05, 0) is 19.2 Å². The Morgan fingerprint density at radius 3 is 2.95 bits per heavy atom. The molecule has 0 radical (unpaired) electrons. The van der Waals surface area contributed by atoms with Gasteiger partial charge in [0.2, 0.25) is 0 Å². The van der Waals surface area contributed by atoms with Crippen LogP contribution in [0.3, 0.4) is 0 Å². The van der Waals surface area contributed by atoms with E-state index in [2.05, 4.69) is 15.6 Å². The summed E-state index contributed by atoms with van der Waals surface area (Å²) in [5.74, 6) is -1.02. The van der Waals surface area contributed by atoms with Crippen molar-refractivity contribution in [1.82, 2.24) is 14.9 Å². The van der Waals surface area contributed by atoms with E-state index < -0.39 is 11.9 Å². The molecule has 1 amide bonds. The molecule has 2 aromatic heterocycles. The summed E-state index contributed by atoms with van der Waals surface area (Å²) in [7, 11) is 1.73. The normalized spacial score (nSPS) is 10.4. The highest BCUT2D eigenvalue weighted by Gasteiger charge is 2.17. The van der Waals surface area contributed by atoms with Gasteiger partial charge in [0.15, 0.2) is 12.2 Å². The minimum absolute atomic E-state index is 0.0972. The van der Waals surface area contributed by atoms with Crippen LogP contribution in [-0.2, 0) is 6.54 Å². The van der Waals surface area contributed by atoms with Crippen molar-refractivity contribution in [3.8, 4) is 0 Å². The first-order chi connectivity index (χ1) is 10.2. The average Bonchev–Trinajstić information content (AvgIpc) is 2.80. The van der Waals surface area contributed by atoms with Crippen molar-refractivity contribution in [2.45, 2.75) is 6.54 Å². The molecular weight excluding hydrogens is 275 g/mol. The van der Waals surface area contributed by atoms with E-state index in [0.717, 1.165) is 6.07 Å². The topological polar surface area (TPSA) is 76.0 Å². The van der Waals surface area contributed by atoms with E-state index in [1.807, 2.05) is 0 Å². The molecule has 110 valence electrons. The summed E-state index contributed by atoms with van der Waals surface area (Å²) in [6.45, 7) is 0.793. The Bertz CT molecular complexity index is 640. The maximum Gasteiger partial charge on any atom is 0.257 e. The molecule has 0 atom stereocenters. The molecule has 0 saturated carbocycles. The Kier molecular flexibility index (Phi) is 4.78. The van der Waals surface area contributed by atoms with Crippen molar-refractivity contribution >= 4 is 17.9 Å². The predicted octanol–water partition coefficient (Wildman–Crippen LogP) is 1.31. The van der Waals surface area contributed by atoms with Crippen molar-refractivity contribution in [3.05, 3.63) is 47.8 Å². The third kappa shape index (κ3) is 3.32. The van der Waals surface area contributed by atoms with Gasteiger partial charge in [-0.3, -0.25) is 14.6 Å². The van der Waals surface area contributed by atoms with Gasteiger partial charge >= 0.3 is 0 Å². The Balaban J connectivity index is 2.24. The van der Waals surface area contributed by atoms with E-state index in [1.54, 1.807) is 25.4 Å². The molecule has 0 fully saturated rings. The number of aromatic nitrogens is 2. The van der Waals surface area contributed by atoms with Gasteiger partial charge in [0, 0.05) is 31.5 Å². The number of halogens is 1. The summed E-state index contributed by atoms with van der Waals surface area (Å²) in [5.41, 5.74) is 0.574. The lowest BCUT2D eigenvalue weighted by atomic mass is 10.2. The predicted molar refractivity (Wildman–Crippen MR) is 75.9 cm³/mol. The summed E-state index contributed by atoms with van der Waals surface area (Å²) in [5, 5.41) is 5.40. The third-order valence-electron chi connectivity index (χ3n) is 2.96. The second kappa shape index (κ2) is 6.76. The van der Waals surface area contributed by atoms with Crippen molar-refractivity contribution in [2.75, 3.05) is 18.9 Å². The number of anilines is 1. The first kappa shape index (κ1) is 14.9. The van der Waals surface area contributed by atoms with E-state index in [9.17, 15) is 14.0 Å². The summed E-state index contributed by atoms with van der Waals surface area (Å²) < 4.78 is 15.1. The molecule has 0 aliphatic heterocycles. The fourth-order valence-electron chi connectivity index (χ4n) is 1.90. The van der Waals surface area contributed by atoms with Crippen LogP contribution < -0.4 is 10.6 Å². The maximum absolute atomic E-state index is 13.8. The molecule has 0 aliphatic carbocycles. The maximum atomic E-state index is 13.8. The molecule has 0 spiro atoms. The third-order valence-corrected chi connectivity index (χ3v) is 2.96. The standard InChI is InChI=1S/C14H15FN4O2/c1-16-5-6-19-12(9-20)11(7-13(19)15)18-14(21)10-3-2-4-17-8-10/h2-4,7-9,16H,5-6H2,1H3,(H,18,21). The molecule has 2 heterocycles. The van der Waals surface area contributed by atoms with E-state index in [4.69, 9.17) is 0 Å². The fourth-order valence-corrected chi connectivity index (χ4v) is 1.90. The van der Waals surface area contributed by atoms with Gasteiger partial charge in [0.05, 0.1) is 11.3 Å². The van der Waals surface area contributed by atoms with Gasteiger partial charge in [0.25, 0.3) is 5.91 Å². The van der Waals surface area contributed by atoms with Gasteiger partial charge in [-0.1, -0.05) is 0 Å². The molecule has 2 rings (SSSR count). The van der Waals surface area contributed by atoms with E-state index in [0.29, 0.717) is 24.9 Å². The van der Waals surface area contributed by atoms with Crippen LogP contribution in [0.2, 0.25) is 0 Å². The number of hydrogen-bond acceptors (Lipinski definition) is 4. The van der Waals surface area contributed by atoms with Gasteiger partial charge in [-0.25, -0.2) is 0 Å². The Morgan fingerprint density at radius 2 is 2.33 bits per heavy atom. The Morgan fingerprint density at radius 1 is 1.52 bits per heavy atom. The van der Waals surface area contributed by atoms with Crippen LogP contribution in [0.4, 0.5) is 10.1 Å². The lowest BCUT2D eigenvalue weighted by Gasteiger charge is -2.07. The average molecular weight is 290 g/mol. The zero-order chi connectivity index (χ0) is 15.2. The van der Waals surface area contributed by atoms with E-state index in [-0.39, 0.29) is 11.4 Å². The fraction of sp³-hybridized carbons (Fsp3) is 0.214. The highest BCUT2D eigenvalue weighted by molar-refractivity contribution is 6.06. The highest BCUT2D eigenvalue weighted by Crippen LogP contribution is 2.19. The van der Waals surface area contributed by atoms with Gasteiger partial charge in [0.1, 0.15) is 5.69 Å². The summed E-state index contributed by atoms with van der Waals surface area (Å²) in [4.78, 5) is 27.0. The zero-order valence-corrected chi connectivity index (χ0v) is 11.5. The first-order valence-corrected chi connectivity index (χ1v) is 6.37. The molecule has 2 N–H and O–H groups in total. The number of likely N-dealkylation sites (N-methyl/N-ethyl adjacent to an activating group) is 1. The van der Waals surface area contributed by atoms with Crippen LogP contribution in [0, 0.1) is 5.95 Å². The molecule has 21 heavy (non-hydrogen) atoms. The van der Waals surface area contributed by atoms with Crippen molar-refractivity contribution in [1.29, 1.82) is 0 Å². The molecule has 0 aliphatic rings. The lowest BCUT2D eigenvalue weighted by molar-refractivity contribution is 0.102. The number of carbonyl (C=O) groups is 2. The largest absolute Gasteiger partial charge is 0.320 e. The van der Waals surface area contributed by atoms with Crippen LogP contribution in [0.15, 0.2) is 30.6 Å². The molecule has 2 aromatic rings. The van der Waals surface area contributed by atoms with Crippen LogP contribution in [0.25, 0.3) is 0 Å². The van der Waals surface area contributed by atoms with Gasteiger partial charge in [-0.2, -0.15) is 4.39 Å². The monoisotopic (exact) mass is 290 g/mol. The summed E-state index contributed by atoms with van der Waals surface area (Å²) in [6.07, 6.45) is 3.46. The Hall–Kier alpha value is -2.54. The number of rotatable bonds is 6. The second-order valence-electron chi connectivity index (χ2n) is 4.33. The minimum Gasteiger partial charge on any atom is -0.320 e. The van der Waals surface area contributed by atoms with E-state index >= 15 is 0 Å². The smallest absolute Gasteiger partial charge is 0.257 e. The van der Waals surface area contributed by atoms with Crippen molar-refractivity contribution in [2.24, 2.45) is 0 Å². The number of pyridine rings is 1. The molecular formula is C14H15FN4O2. The number of nitrogens with one attached hydrogen (secondary N) is 2. The first-order valence-electron chi connectivity index (χ1n) is 6.37. The summed E-state index contributed by atoms with van der Waals surface area (Å²) >= 11 is 0. The highest BCUT2D eigenvalue weighted by atomic mass is 19.1. The Labute approximate surface area is 121 Å². The van der Waals surface area contributed by atoms with Crippen LogP contribution in [-0.4, -0.2) is 35.3 Å². The van der Waals surface area contributed by atoms with Crippen LogP contribution in [0.5, 0.6) is 0 Å². The molecule has 0 bridgehead atoms.